The fourth-order valence-corrected chi connectivity index (χ4v) is 4.45. The SMILES string of the molecule is CN1CCCN(C(=O)c2nc3sccn3c2CN2CCCOCC2)CC1. The molecule has 4 heterocycles. The Morgan fingerprint density at radius 1 is 1.15 bits per heavy atom. The van der Waals surface area contributed by atoms with Crippen molar-refractivity contribution in [3.63, 3.8) is 0 Å². The van der Waals surface area contributed by atoms with Crippen molar-refractivity contribution in [3.05, 3.63) is 23.0 Å². The van der Waals surface area contributed by atoms with Crippen molar-refractivity contribution in [3.8, 4) is 0 Å². The number of hydrogen-bond acceptors (Lipinski definition) is 6. The molecule has 2 aliphatic heterocycles. The molecular formula is C18H27N5O2S. The van der Waals surface area contributed by atoms with Crippen molar-refractivity contribution in [2.24, 2.45) is 0 Å². The van der Waals surface area contributed by atoms with Crippen LogP contribution in [0.2, 0.25) is 0 Å². The van der Waals surface area contributed by atoms with Crippen molar-refractivity contribution < 1.29 is 9.53 Å². The van der Waals surface area contributed by atoms with Gasteiger partial charge in [-0.2, -0.15) is 0 Å². The molecule has 2 aliphatic rings. The quantitative estimate of drug-likeness (QED) is 0.809. The minimum absolute atomic E-state index is 0.0808. The van der Waals surface area contributed by atoms with E-state index in [2.05, 4.69) is 21.2 Å². The Kier molecular flexibility index (Phi) is 5.54. The number of likely N-dealkylation sites (N-methyl/N-ethyl adjacent to an activating group) is 1. The minimum atomic E-state index is 0.0808. The molecule has 142 valence electrons. The lowest BCUT2D eigenvalue weighted by atomic mass is 10.2. The molecule has 0 radical (unpaired) electrons. The fraction of sp³-hybridized carbons (Fsp3) is 0.667. The van der Waals surface area contributed by atoms with Gasteiger partial charge in [-0.05, 0) is 26.4 Å². The lowest BCUT2D eigenvalue weighted by molar-refractivity contribution is 0.0755. The number of hydrogen-bond donors (Lipinski definition) is 0. The van der Waals surface area contributed by atoms with Crippen molar-refractivity contribution in [1.29, 1.82) is 0 Å². The number of carbonyl (C=O) groups excluding carboxylic acids is 1. The summed E-state index contributed by atoms with van der Waals surface area (Å²) in [4.78, 5) is 25.5. The molecule has 2 fully saturated rings. The molecule has 7 nitrogen and oxygen atoms in total. The predicted octanol–water partition coefficient (Wildman–Crippen LogP) is 1.40. The Bertz CT molecular complexity index is 750. The summed E-state index contributed by atoms with van der Waals surface area (Å²) in [6.45, 7) is 7.78. The number of thiazole rings is 1. The van der Waals surface area contributed by atoms with E-state index in [1.54, 1.807) is 11.3 Å². The van der Waals surface area contributed by atoms with E-state index < -0.39 is 0 Å². The summed E-state index contributed by atoms with van der Waals surface area (Å²) < 4.78 is 7.66. The van der Waals surface area contributed by atoms with Gasteiger partial charge in [0, 0.05) is 57.5 Å². The normalized spacial score (nSPS) is 21.0. The predicted molar refractivity (Wildman–Crippen MR) is 102 cm³/mol. The van der Waals surface area contributed by atoms with E-state index in [9.17, 15) is 4.79 Å². The van der Waals surface area contributed by atoms with E-state index in [1.165, 1.54) is 0 Å². The number of imidazole rings is 1. The van der Waals surface area contributed by atoms with Gasteiger partial charge in [0.25, 0.3) is 5.91 Å². The molecule has 0 aromatic carbocycles. The Morgan fingerprint density at radius 3 is 3.00 bits per heavy atom. The number of amides is 1. The molecule has 0 N–H and O–H groups in total. The Morgan fingerprint density at radius 2 is 2.08 bits per heavy atom. The maximum absolute atomic E-state index is 13.3. The second-order valence-electron chi connectivity index (χ2n) is 7.15. The highest BCUT2D eigenvalue weighted by molar-refractivity contribution is 7.15. The zero-order valence-electron chi connectivity index (χ0n) is 15.4. The van der Waals surface area contributed by atoms with Crippen LogP contribution in [0.25, 0.3) is 4.96 Å². The lowest BCUT2D eigenvalue weighted by Crippen LogP contribution is -2.36. The number of rotatable bonds is 3. The highest BCUT2D eigenvalue weighted by atomic mass is 32.1. The number of aromatic nitrogens is 2. The van der Waals surface area contributed by atoms with Crippen molar-refractivity contribution >= 4 is 22.2 Å². The molecule has 0 saturated carbocycles. The molecule has 0 bridgehead atoms. The molecule has 1 amide bonds. The van der Waals surface area contributed by atoms with E-state index in [0.717, 1.165) is 82.5 Å². The first-order valence-corrected chi connectivity index (χ1v) is 10.3. The van der Waals surface area contributed by atoms with Gasteiger partial charge >= 0.3 is 0 Å². The van der Waals surface area contributed by atoms with Gasteiger partial charge in [0.2, 0.25) is 0 Å². The van der Waals surface area contributed by atoms with Crippen molar-refractivity contribution in [2.45, 2.75) is 19.4 Å². The first kappa shape index (κ1) is 17.9. The van der Waals surface area contributed by atoms with Gasteiger partial charge in [-0.15, -0.1) is 11.3 Å². The molecule has 0 atom stereocenters. The van der Waals surface area contributed by atoms with Crippen LogP contribution in [0.15, 0.2) is 11.6 Å². The summed E-state index contributed by atoms with van der Waals surface area (Å²) in [5, 5.41) is 2.03. The summed E-state index contributed by atoms with van der Waals surface area (Å²) in [5.74, 6) is 0.0808. The smallest absolute Gasteiger partial charge is 0.274 e. The van der Waals surface area contributed by atoms with Gasteiger partial charge in [0.05, 0.1) is 12.3 Å². The first-order chi connectivity index (χ1) is 12.7. The topological polar surface area (TPSA) is 53.3 Å². The van der Waals surface area contributed by atoms with Crippen LogP contribution >= 0.6 is 11.3 Å². The number of nitrogens with zero attached hydrogens (tertiary/aromatic N) is 5. The van der Waals surface area contributed by atoms with Crippen LogP contribution in [0.3, 0.4) is 0 Å². The van der Waals surface area contributed by atoms with Crippen LogP contribution in [0, 0.1) is 0 Å². The van der Waals surface area contributed by atoms with E-state index in [-0.39, 0.29) is 5.91 Å². The maximum Gasteiger partial charge on any atom is 0.274 e. The number of ether oxygens (including phenoxy) is 1. The van der Waals surface area contributed by atoms with Crippen LogP contribution in [-0.2, 0) is 11.3 Å². The molecule has 2 aromatic heterocycles. The van der Waals surface area contributed by atoms with Crippen LogP contribution in [0.5, 0.6) is 0 Å². The summed E-state index contributed by atoms with van der Waals surface area (Å²) in [6, 6.07) is 0. The summed E-state index contributed by atoms with van der Waals surface area (Å²) >= 11 is 1.59. The number of carbonyl (C=O) groups is 1. The average Bonchev–Trinajstić information content (AvgIpc) is 3.01. The van der Waals surface area contributed by atoms with E-state index in [4.69, 9.17) is 9.72 Å². The van der Waals surface area contributed by atoms with Gasteiger partial charge in [0.15, 0.2) is 10.7 Å². The van der Waals surface area contributed by atoms with E-state index in [0.29, 0.717) is 5.69 Å². The molecule has 0 spiro atoms. The van der Waals surface area contributed by atoms with Crippen LogP contribution in [-0.4, -0.2) is 89.5 Å². The third-order valence-electron chi connectivity index (χ3n) is 5.26. The fourth-order valence-electron chi connectivity index (χ4n) is 3.72. The summed E-state index contributed by atoms with van der Waals surface area (Å²) in [5.41, 5.74) is 1.65. The second kappa shape index (κ2) is 8.04. The lowest BCUT2D eigenvalue weighted by Gasteiger charge is -2.22. The third-order valence-corrected chi connectivity index (χ3v) is 6.02. The van der Waals surface area contributed by atoms with Crippen LogP contribution in [0.1, 0.15) is 29.0 Å². The Balaban J connectivity index is 1.59. The van der Waals surface area contributed by atoms with Crippen LogP contribution in [0.4, 0.5) is 0 Å². The largest absolute Gasteiger partial charge is 0.380 e. The van der Waals surface area contributed by atoms with Crippen molar-refractivity contribution in [2.75, 3.05) is 59.5 Å². The van der Waals surface area contributed by atoms with Crippen LogP contribution < -0.4 is 0 Å². The number of fused-ring (bicyclic) bond motifs is 1. The standard InChI is InChI=1S/C18H27N5O2S/c1-20-4-2-6-22(8-7-20)17(24)16-15(23-10-13-26-18(23)19-16)14-21-5-3-11-25-12-9-21/h10,13H,2-9,11-12,14H2,1H3. The molecule has 0 aliphatic carbocycles. The minimum Gasteiger partial charge on any atom is -0.380 e. The maximum atomic E-state index is 13.3. The summed E-state index contributed by atoms with van der Waals surface area (Å²) in [7, 11) is 2.12. The molecule has 0 unspecified atom stereocenters. The van der Waals surface area contributed by atoms with Gasteiger partial charge in [0.1, 0.15) is 0 Å². The Hall–Kier alpha value is -1.48. The second-order valence-corrected chi connectivity index (χ2v) is 8.03. The van der Waals surface area contributed by atoms with E-state index >= 15 is 0 Å². The molecule has 2 saturated heterocycles. The first-order valence-electron chi connectivity index (χ1n) is 9.45. The van der Waals surface area contributed by atoms with Gasteiger partial charge < -0.3 is 14.5 Å². The highest BCUT2D eigenvalue weighted by Crippen LogP contribution is 2.21. The zero-order valence-corrected chi connectivity index (χ0v) is 16.2. The zero-order chi connectivity index (χ0) is 17.9. The van der Waals surface area contributed by atoms with Gasteiger partial charge in [-0.1, -0.05) is 0 Å². The molecule has 26 heavy (non-hydrogen) atoms. The van der Waals surface area contributed by atoms with Gasteiger partial charge in [-0.25, -0.2) is 4.98 Å². The van der Waals surface area contributed by atoms with Gasteiger partial charge in [-0.3, -0.25) is 14.1 Å². The monoisotopic (exact) mass is 377 g/mol. The highest BCUT2D eigenvalue weighted by Gasteiger charge is 2.27. The molecule has 8 heteroatoms. The Labute approximate surface area is 158 Å². The average molecular weight is 378 g/mol. The molecule has 4 rings (SSSR count). The molecular weight excluding hydrogens is 350 g/mol. The molecule has 2 aromatic rings. The van der Waals surface area contributed by atoms with E-state index in [1.807, 2.05) is 16.5 Å². The van der Waals surface area contributed by atoms with Crippen molar-refractivity contribution in [1.82, 2.24) is 24.1 Å². The third kappa shape index (κ3) is 3.78. The summed E-state index contributed by atoms with van der Waals surface area (Å²) in [6.07, 6.45) is 4.08.